The second-order valence-corrected chi connectivity index (χ2v) is 17.2. The molecule has 0 saturated carbocycles. The number of rotatable bonds is 4. The fraction of sp³-hybridized carbons (Fsp3) is 0.514. The molecule has 1 heterocycles. The molecule has 0 aliphatic carbocycles. The molecular weight excluding hydrogens is 615 g/mol. The van der Waals surface area contributed by atoms with Gasteiger partial charge in [-0.3, -0.25) is 0 Å². The summed E-state index contributed by atoms with van der Waals surface area (Å²) in [5.74, 6) is 1.85. The fourth-order valence-electron chi connectivity index (χ4n) is 5.16. The van der Waals surface area contributed by atoms with E-state index in [2.05, 4.69) is 145 Å². The van der Waals surface area contributed by atoms with Crippen molar-refractivity contribution in [3.05, 3.63) is 82.3 Å². The summed E-state index contributed by atoms with van der Waals surface area (Å²) < 4.78 is 5.10. The van der Waals surface area contributed by atoms with Crippen LogP contribution < -0.4 is 0 Å². The first-order valence-corrected chi connectivity index (χ1v) is 18.0. The van der Waals surface area contributed by atoms with Crippen LogP contribution in [0.15, 0.2) is 70.1 Å². The van der Waals surface area contributed by atoms with E-state index in [0.717, 1.165) is 40.7 Å². The van der Waals surface area contributed by atoms with Crippen LogP contribution in [0.1, 0.15) is 126 Å². The molecule has 43 heavy (non-hydrogen) atoms. The van der Waals surface area contributed by atoms with Gasteiger partial charge in [-0.1, -0.05) is 119 Å². The van der Waals surface area contributed by atoms with Crippen molar-refractivity contribution in [2.24, 2.45) is 9.98 Å². The molecule has 238 valence electrons. The Morgan fingerprint density at radius 3 is 1.07 bits per heavy atom. The van der Waals surface area contributed by atoms with E-state index in [1.165, 1.54) is 22.3 Å². The summed E-state index contributed by atoms with van der Waals surface area (Å²) in [6.07, 6.45) is 5.17. The van der Waals surface area contributed by atoms with Crippen LogP contribution in [0.4, 0.5) is 11.4 Å². The van der Waals surface area contributed by atoms with Crippen LogP contribution in [-0.4, -0.2) is 16.2 Å². The van der Waals surface area contributed by atoms with Gasteiger partial charge in [0.25, 0.3) is 11.5 Å². The standard InChI is InChI=1S/C37H52N2O.2ClH.Fe/c1-24(38-32-26(34(3,4)5)18-15-19-27(32)35(6,7)8)30-22-17-23-31(40-30)25(2)39-33-28(36(9,10)11)20-16-21-29(33)37(12,13)14;;;/h15-16,18-23H,17H2,1-14H3;2*1H;/q;;;+2/p-1. The van der Waals surface area contributed by atoms with Crippen molar-refractivity contribution in [1.82, 2.24) is 0 Å². The molecule has 0 radical (unpaired) electrons. The number of hydrogen-bond donors (Lipinski definition) is 0. The number of hydrogen-bond acceptors (Lipinski definition) is 2. The van der Waals surface area contributed by atoms with Crippen molar-refractivity contribution in [3.63, 3.8) is 0 Å². The summed E-state index contributed by atoms with van der Waals surface area (Å²) in [6.45, 7) is 31.3. The van der Waals surface area contributed by atoms with Gasteiger partial charge in [0, 0.05) is 18.6 Å². The monoisotopic (exact) mass is 667 g/mol. The van der Waals surface area contributed by atoms with Gasteiger partial charge in [0.2, 0.25) is 0 Å². The van der Waals surface area contributed by atoms with Crippen LogP contribution in [0.25, 0.3) is 0 Å². The molecule has 2 aromatic carbocycles. The Bertz CT molecular complexity index is 1240. The number of benzene rings is 2. The summed E-state index contributed by atoms with van der Waals surface area (Å²) in [5, 5.41) is 0. The molecule has 0 fully saturated rings. The van der Waals surface area contributed by atoms with Gasteiger partial charge < -0.3 is 4.74 Å². The summed E-state index contributed by atoms with van der Waals surface area (Å²) in [5.41, 5.74) is 9.01. The van der Waals surface area contributed by atoms with Crippen molar-refractivity contribution in [2.75, 3.05) is 0 Å². The predicted octanol–water partition coefficient (Wildman–Crippen LogP) is 12.4. The first-order chi connectivity index (χ1) is 19.6. The molecule has 0 spiro atoms. The van der Waals surface area contributed by atoms with Crippen LogP contribution in [0.3, 0.4) is 0 Å². The topological polar surface area (TPSA) is 37.5 Å². The van der Waals surface area contributed by atoms with Crippen LogP contribution in [0.5, 0.6) is 0 Å². The molecule has 0 bridgehead atoms. The summed E-state index contributed by atoms with van der Waals surface area (Å²) >= 11 is 0.194. The molecule has 3 rings (SSSR count). The van der Waals surface area contributed by atoms with Crippen molar-refractivity contribution >= 4 is 43.0 Å². The zero-order chi connectivity index (χ0) is 33.0. The zero-order valence-corrected chi connectivity index (χ0v) is 31.4. The molecule has 0 atom stereocenters. The fourth-order valence-corrected chi connectivity index (χ4v) is 5.16. The summed E-state index contributed by atoms with van der Waals surface area (Å²) in [4.78, 5) is 10.5. The van der Waals surface area contributed by atoms with E-state index in [4.69, 9.17) is 34.9 Å². The molecule has 2 aromatic rings. The Kier molecular flexibility index (Phi) is 12.6. The van der Waals surface area contributed by atoms with Gasteiger partial charge in [0.1, 0.15) is 11.4 Å². The van der Waals surface area contributed by atoms with E-state index < -0.39 is 0 Å². The molecule has 3 nitrogen and oxygen atoms in total. The van der Waals surface area contributed by atoms with E-state index in [9.17, 15) is 0 Å². The molecule has 0 aromatic heterocycles. The minimum absolute atomic E-state index is 0.0159. The minimum atomic E-state index is -0.0159. The number of nitrogens with zero attached hydrogens (tertiary/aromatic N) is 2. The molecule has 1 aliphatic rings. The van der Waals surface area contributed by atoms with Gasteiger partial charge in [0.05, 0.1) is 11.4 Å². The van der Waals surface area contributed by atoms with E-state index >= 15 is 0 Å². The quantitative estimate of drug-likeness (QED) is 0.177. The second kappa shape index (κ2) is 14.5. The predicted molar refractivity (Wildman–Crippen MR) is 188 cm³/mol. The molecule has 0 amide bonds. The van der Waals surface area contributed by atoms with E-state index in [1.807, 2.05) is 0 Å². The summed E-state index contributed by atoms with van der Waals surface area (Å²) in [6, 6.07) is 13.2. The Balaban J connectivity index is 0.00000206. The van der Waals surface area contributed by atoms with Crippen molar-refractivity contribution < 1.29 is 17.9 Å². The third-order valence-electron chi connectivity index (χ3n) is 7.47. The normalized spacial score (nSPS) is 15.3. The van der Waals surface area contributed by atoms with Gasteiger partial charge in [-0.25, -0.2) is 9.98 Å². The molecule has 6 heteroatoms. The Morgan fingerprint density at radius 1 is 0.581 bits per heavy atom. The first-order valence-electron chi connectivity index (χ1n) is 15.0. The number of aliphatic imine (C=N–C) groups is 2. The number of allylic oxidation sites excluding steroid dienone is 4. The summed E-state index contributed by atoms with van der Waals surface area (Å²) in [7, 11) is 9.53. The van der Waals surface area contributed by atoms with Gasteiger partial charge in [-0.05, 0) is 57.8 Å². The average molecular weight is 669 g/mol. The number of aliphatic hydroxyl groups is 2. The van der Waals surface area contributed by atoms with Crippen LogP contribution in [-0.2, 0) is 34.8 Å². The van der Waals surface area contributed by atoms with Gasteiger partial charge in [-0.15, -0.1) is 0 Å². The Labute approximate surface area is 276 Å². The number of ether oxygens (including phenoxy) is 1. The van der Waals surface area contributed by atoms with Crippen LogP contribution >= 0.6 is 20.2 Å². The molecular formula is C37H53Cl2FeN2O+. The van der Waals surface area contributed by atoms with E-state index in [0.29, 0.717) is 0 Å². The number of halogens is 2. The van der Waals surface area contributed by atoms with Crippen molar-refractivity contribution in [3.8, 4) is 0 Å². The van der Waals surface area contributed by atoms with E-state index in [1.54, 1.807) is 0 Å². The average Bonchev–Trinajstić information content (AvgIpc) is 2.87. The van der Waals surface area contributed by atoms with Crippen molar-refractivity contribution in [2.45, 2.75) is 125 Å². The molecule has 0 saturated heterocycles. The second-order valence-electron chi connectivity index (χ2n) is 15.4. The SMILES string of the molecule is CC(=Nc1c(C(C)(C)C)cccc1C(C)(C)C)C1=CCC=C(C(C)=Nc2c(C(C)(C)C)cccc2C(C)(C)C)[OH+]1.[Cl][Fe][Cl]. The molecule has 0 unspecified atom stereocenters. The van der Waals surface area contributed by atoms with Crippen LogP contribution in [0.2, 0.25) is 0 Å². The number of para-hydroxylation sites is 2. The first kappa shape index (κ1) is 37.3. The maximum absolute atomic E-state index is 5.27. The molecule has 1 N–H and O–H groups in total. The maximum atomic E-state index is 5.27. The van der Waals surface area contributed by atoms with Gasteiger partial charge in [0.15, 0.2) is 0 Å². The third-order valence-corrected chi connectivity index (χ3v) is 7.47. The van der Waals surface area contributed by atoms with Crippen LogP contribution in [0, 0.1) is 0 Å². The van der Waals surface area contributed by atoms with E-state index in [-0.39, 0.29) is 34.8 Å². The van der Waals surface area contributed by atoms with Crippen molar-refractivity contribution in [1.29, 1.82) is 0 Å². The van der Waals surface area contributed by atoms with Gasteiger partial charge >= 0.3 is 33.3 Å². The third kappa shape index (κ3) is 10.1. The zero-order valence-electron chi connectivity index (χ0n) is 28.8. The molecule has 1 aliphatic heterocycles. The Morgan fingerprint density at radius 2 is 0.837 bits per heavy atom. The Hall–Kier alpha value is -1.84. The van der Waals surface area contributed by atoms with Gasteiger partial charge in [-0.2, -0.15) is 0 Å².